The molecule has 0 bridgehead atoms. The number of aromatic carboxylic acids is 1. The summed E-state index contributed by atoms with van der Waals surface area (Å²) in [5.41, 5.74) is -0.716. The smallest absolute Gasteiger partial charge is 0.337 e. The number of imidazole rings is 1. The van der Waals surface area contributed by atoms with E-state index in [0.29, 0.717) is 0 Å². The molecule has 0 aliphatic carbocycles. The van der Waals surface area contributed by atoms with E-state index in [1.54, 1.807) is 0 Å². The van der Waals surface area contributed by atoms with Crippen molar-refractivity contribution in [1.29, 1.82) is 0 Å². The Hall–Kier alpha value is -2.42. The lowest BCUT2D eigenvalue weighted by Crippen LogP contribution is -2.16. The third-order valence-corrected chi connectivity index (χ3v) is 3.51. The molecule has 0 fully saturated rings. The Kier molecular flexibility index (Phi) is 3.21. The number of nitrogens with zero attached hydrogens (tertiary/aromatic N) is 1. The molecule has 0 spiro atoms. The molecule has 0 amide bonds. The van der Waals surface area contributed by atoms with Crippen LogP contribution in [0.25, 0.3) is 0 Å². The second kappa shape index (κ2) is 4.69. The minimum absolute atomic E-state index is 0.229. The van der Waals surface area contributed by atoms with Gasteiger partial charge >= 0.3 is 5.97 Å². The number of rotatable bonds is 4. The van der Waals surface area contributed by atoms with Crippen LogP contribution in [0, 0.1) is 5.82 Å². The highest BCUT2D eigenvalue weighted by molar-refractivity contribution is 7.92. The Balaban J connectivity index is 2.42. The monoisotopic (exact) mass is 285 g/mol. The normalized spacial score (nSPS) is 11.2. The number of sulfonamides is 1. The Morgan fingerprint density at radius 2 is 2.16 bits per heavy atom. The van der Waals surface area contributed by atoms with Crippen molar-refractivity contribution in [2.75, 3.05) is 4.72 Å². The second-order valence-corrected chi connectivity index (χ2v) is 5.17. The summed E-state index contributed by atoms with van der Waals surface area (Å²) in [5, 5.41) is 8.67. The molecule has 2 rings (SSSR count). The molecule has 0 saturated heterocycles. The van der Waals surface area contributed by atoms with Crippen molar-refractivity contribution in [3.05, 3.63) is 42.1 Å². The molecule has 0 aliphatic heterocycles. The van der Waals surface area contributed by atoms with Crippen molar-refractivity contribution in [1.82, 2.24) is 9.97 Å². The summed E-state index contributed by atoms with van der Waals surface area (Å²) in [5.74, 6) is -2.22. The number of benzene rings is 1. The van der Waals surface area contributed by atoms with E-state index in [9.17, 15) is 17.6 Å². The summed E-state index contributed by atoms with van der Waals surface area (Å²) < 4.78 is 38.7. The maximum absolute atomic E-state index is 13.0. The highest BCUT2D eigenvalue weighted by Crippen LogP contribution is 2.20. The molecule has 0 saturated carbocycles. The molecule has 3 N–H and O–H groups in total. The molecule has 0 radical (unpaired) electrons. The van der Waals surface area contributed by atoms with Crippen molar-refractivity contribution in [3.8, 4) is 0 Å². The van der Waals surface area contributed by atoms with Crippen molar-refractivity contribution in [2.24, 2.45) is 0 Å². The van der Waals surface area contributed by atoms with Gasteiger partial charge in [-0.25, -0.2) is 14.2 Å². The Morgan fingerprint density at radius 1 is 1.42 bits per heavy atom. The van der Waals surface area contributed by atoms with E-state index in [0.717, 1.165) is 30.7 Å². The van der Waals surface area contributed by atoms with Crippen LogP contribution in [0.3, 0.4) is 0 Å². The molecule has 0 atom stereocenters. The van der Waals surface area contributed by atoms with Crippen LogP contribution in [0.2, 0.25) is 0 Å². The number of anilines is 1. The van der Waals surface area contributed by atoms with Crippen LogP contribution < -0.4 is 4.72 Å². The van der Waals surface area contributed by atoms with E-state index in [1.807, 2.05) is 0 Å². The van der Waals surface area contributed by atoms with Gasteiger partial charge < -0.3 is 10.1 Å². The minimum atomic E-state index is -3.99. The van der Waals surface area contributed by atoms with Gasteiger partial charge in [0.05, 0.1) is 23.8 Å². The number of carbonyl (C=O) groups is 1. The molecule has 19 heavy (non-hydrogen) atoms. The van der Waals surface area contributed by atoms with E-state index in [1.165, 1.54) is 0 Å². The van der Waals surface area contributed by atoms with E-state index in [2.05, 4.69) is 14.7 Å². The van der Waals surface area contributed by atoms with E-state index in [4.69, 9.17) is 5.11 Å². The molecule has 2 aromatic rings. The van der Waals surface area contributed by atoms with Gasteiger partial charge in [-0.2, -0.15) is 8.42 Å². The molecule has 1 heterocycles. The first-order chi connectivity index (χ1) is 8.90. The van der Waals surface area contributed by atoms with Crippen LogP contribution in [0.1, 0.15) is 10.4 Å². The molecule has 0 aliphatic rings. The number of H-pyrrole nitrogens is 1. The van der Waals surface area contributed by atoms with Crippen LogP contribution >= 0.6 is 0 Å². The van der Waals surface area contributed by atoms with Gasteiger partial charge in [0, 0.05) is 0 Å². The minimum Gasteiger partial charge on any atom is -0.478 e. The van der Waals surface area contributed by atoms with Crippen molar-refractivity contribution in [3.63, 3.8) is 0 Å². The van der Waals surface area contributed by atoms with Crippen LogP contribution in [0.5, 0.6) is 0 Å². The Bertz CT molecular complexity index is 712. The topological polar surface area (TPSA) is 112 Å². The lowest BCUT2D eigenvalue weighted by molar-refractivity contribution is 0.0697. The summed E-state index contributed by atoms with van der Waals surface area (Å²) in [4.78, 5) is 16.9. The van der Waals surface area contributed by atoms with Gasteiger partial charge in [-0.1, -0.05) is 0 Å². The van der Waals surface area contributed by atoms with E-state index in [-0.39, 0.29) is 10.7 Å². The van der Waals surface area contributed by atoms with E-state index >= 15 is 0 Å². The number of aromatic nitrogens is 2. The highest BCUT2D eigenvalue weighted by Gasteiger charge is 2.20. The second-order valence-electron chi connectivity index (χ2n) is 3.52. The van der Waals surface area contributed by atoms with Gasteiger partial charge in [0.2, 0.25) is 0 Å². The number of aromatic amines is 1. The number of carboxylic acid groups (broad SMARTS) is 1. The fraction of sp³-hybridized carbons (Fsp3) is 0. The lowest BCUT2D eigenvalue weighted by atomic mass is 10.2. The van der Waals surface area contributed by atoms with Crippen LogP contribution in [0.4, 0.5) is 10.1 Å². The van der Waals surface area contributed by atoms with Crippen molar-refractivity contribution < 1.29 is 22.7 Å². The van der Waals surface area contributed by atoms with Crippen LogP contribution in [0.15, 0.2) is 35.7 Å². The van der Waals surface area contributed by atoms with Crippen LogP contribution in [-0.2, 0) is 10.0 Å². The maximum Gasteiger partial charge on any atom is 0.337 e. The molecule has 0 unspecified atom stereocenters. The SMILES string of the molecule is O=C(O)c1cc(F)ccc1NS(=O)(=O)c1cnc[nH]1. The average Bonchev–Trinajstić information content (AvgIpc) is 2.85. The van der Waals surface area contributed by atoms with Gasteiger partial charge in [0.1, 0.15) is 5.82 Å². The first-order valence-electron chi connectivity index (χ1n) is 4.94. The maximum atomic E-state index is 13.0. The molecular weight excluding hydrogens is 277 g/mol. The largest absolute Gasteiger partial charge is 0.478 e. The summed E-state index contributed by atoms with van der Waals surface area (Å²) in [6.07, 6.45) is 2.23. The van der Waals surface area contributed by atoms with Gasteiger partial charge in [0.25, 0.3) is 10.0 Å². The van der Waals surface area contributed by atoms with Gasteiger partial charge in [0.15, 0.2) is 5.03 Å². The fourth-order valence-electron chi connectivity index (χ4n) is 1.37. The van der Waals surface area contributed by atoms with Gasteiger partial charge in [-0.3, -0.25) is 4.72 Å². The Labute approximate surface area is 107 Å². The number of hydrogen-bond acceptors (Lipinski definition) is 4. The molecule has 1 aromatic heterocycles. The third-order valence-electron chi connectivity index (χ3n) is 2.22. The van der Waals surface area contributed by atoms with E-state index < -0.39 is 27.4 Å². The third kappa shape index (κ3) is 2.71. The number of carboxylic acids is 1. The zero-order valence-electron chi connectivity index (χ0n) is 9.29. The standard InChI is InChI=1S/C10H8FN3O4S/c11-6-1-2-8(7(3-6)10(15)16)14-19(17,18)9-4-12-5-13-9/h1-5,14H,(H,12,13)(H,15,16). The van der Waals surface area contributed by atoms with Crippen molar-refractivity contribution >= 4 is 21.7 Å². The predicted octanol–water partition coefficient (Wildman–Crippen LogP) is 1.05. The number of halogens is 1. The van der Waals surface area contributed by atoms with Crippen molar-refractivity contribution in [2.45, 2.75) is 5.03 Å². The molecular formula is C10H8FN3O4S. The predicted molar refractivity (Wildman–Crippen MR) is 62.8 cm³/mol. The summed E-state index contributed by atoms with van der Waals surface area (Å²) >= 11 is 0. The lowest BCUT2D eigenvalue weighted by Gasteiger charge is -2.09. The quantitative estimate of drug-likeness (QED) is 0.777. The summed E-state index contributed by atoms with van der Waals surface area (Å²) in [6, 6.07) is 2.72. The molecule has 100 valence electrons. The molecule has 7 nitrogen and oxygen atoms in total. The number of nitrogens with one attached hydrogen (secondary N) is 2. The number of hydrogen-bond donors (Lipinski definition) is 3. The molecule has 9 heteroatoms. The fourth-order valence-corrected chi connectivity index (χ4v) is 2.36. The zero-order valence-corrected chi connectivity index (χ0v) is 10.1. The first kappa shape index (κ1) is 13.0. The highest BCUT2D eigenvalue weighted by atomic mass is 32.2. The van der Waals surface area contributed by atoms with Crippen LogP contribution in [-0.4, -0.2) is 29.5 Å². The Morgan fingerprint density at radius 3 is 2.74 bits per heavy atom. The first-order valence-corrected chi connectivity index (χ1v) is 6.42. The summed E-state index contributed by atoms with van der Waals surface area (Å²) in [7, 11) is -3.99. The van der Waals surface area contributed by atoms with Gasteiger partial charge in [-0.05, 0) is 18.2 Å². The summed E-state index contributed by atoms with van der Waals surface area (Å²) in [6.45, 7) is 0. The van der Waals surface area contributed by atoms with Gasteiger partial charge in [-0.15, -0.1) is 0 Å². The zero-order chi connectivity index (χ0) is 14.0. The molecule has 1 aromatic carbocycles. The average molecular weight is 285 g/mol.